The van der Waals surface area contributed by atoms with E-state index in [4.69, 9.17) is 0 Å². The van der Waals surface area contributed by atoms with Crippen LogP contribution < -0.4 is 0 Å². The summed E-state index contributed by atoms with van der Waals surface area (Å²) in [6.07, 6.45) is 2.24. The standard InChI is InChI=1S/C36H24N2/c1-3-12-25(13-4-1)27-16-11-17-28(24-27)38-33-21-10-7-18-29(33)30-22-23-37-32-20-9-8-19-31(32)34(36(37)35(30)38)26-14-5-2-6-15-26/h1-24H. The largest absolute Gasteiger partial charge is 0.314 e. The summed E-state index contributed by atoms with van der Waals surface area (Å²) in [4.78, 5) is 0. The molecule has 0 aliphatic heterocycles. The Morgan fingerprint density at radius 1 is 0.395 bits per heavy atom. The molecule has 0 spiro atoms. The highest BCUT2D eigenvalue weighted by Gasteiger charge is 2.21. The molecule has 2 heteroatoms. The highest BCUT2D eigenvalue weighted by molar-refractivity contribution is 6.20. The van der Waals surface area contributed by atoms with Gasteiger partial charge in [0.2, 0.25) is 0 Å². The zero-order valence-corrected chi connectivity index (χ0v) is 20.8. The molecule has 8 aromatic rings. The first-order valence-electron chi connectivity index (χ1n) is 13.0. The van der Waals surface area contributed by atoms with E-state index in [-0.39, 0.29) is 0 Å². The number of nitrogens with zero attached hydrogens (tertiary/aromatic N) is 2. The van der Waals surface area contributed by atoms with Crippen molar-refractivity contribution in [3.63, 3.8) is 0 Å². The van der Waals surface area contributed by atoms with Crippen LogP contribution in [0.3, 0.4) is 0 Å². The van der Waals surface area contributed by atoms with E-state index in [1.807, 2.05) is 0 Å². The third kappa shape index (κ3) is 3.01. The first-order chi connectivity index (χ1) is 18.9. The summed E-state index contributed by atoms with van der Waals surface area (Å²) in [6, 6.07) is 50.1. The van der Waals surface area contributed by atoms with Crippen molar-refractivity contribution in [2.75, 3.05) is 0 Å². The van der Waals surface area contributed by atoms with Gasteiger partial charge < -0.3 is 8.97 Å². The molecule has 0 aliphatic rings. The lowest BCUT2D eigenvalue weighted by atomic mass is 10.0. The van der Waals surface area contributed by atoms with Crippen molar-refractivity contribution in [2.45, 2.75) is 0 Å². The SMILES string of the molecule is c1ccc(-c2cccc(-n3c4ccccc4c4ccn5c6ccccc6c(-c6ccccc6)c5c43)c2)cc1. The quantitative estimate of drug-likeness (QED) is 0.236. The fourth-order valence-electron chi connectivity index (χ4n) is 6.09. The molecule has 2 nitrogen and oxygen atoms in total. The van der Waals surface area contributed by atoms with Gasteiger partial charge in [0.15, 0.2) is 0 Å². The molecule has 0 atom stereocenters. The summed E-state index contributed by atoms with van der Waals surface area (Å²) in [5.74, 6) is 0. The summed E-state index contributed by atoms with van der Waals surface area (Å²) in [7, 11) is 0. The third-order valence-corrected chi connectivity index (χ3v) is 7.71. The van der Waals surface area contributed by atoms with Crippen LogP contribution in [0.5, 0.6) is 0 Å². The van der Waals surface area contributed by atoms with Gasteiger partial charge in [0.25, 0.3) is 0 Å². The molecule has 0 saturated heterocycles. The highest BCUT2D eigenvalue weighted by Crippen LogP contribution is 2.42. The maximum Gasteiger partial charge on any atom is 0.0790 e. The maximum atomic E-state index is 2.46. The molecule has 0 fully saturated rings. The number of pyridine rings is 1. The number of para-hydroxylation sites is 2. The first-order valence-corrected chi connectivity index (χ1v) is 13.0. The monoisotopic (exact) mass is 484 g/mol. The molecular weight excluding hydrogens is 460 g/mol. The van der Waals surface area contributed by atoms with Gasteiger partial charge in [-0.25, -0.2) is 0 Å². The predicted octanol–water partition coefficient (Wildman–Crippen LogP) is 9.52. The minimum absolute atomic E-state index is 1.16. The number of aromatic nitrogens is 2. The Hall–Kier alpha value is -5.08. The zero-order valence-electron chi connectivity index (χ0n) is 20.8. The summed E-state index contributed by atoms with van der Waals surface area (Å²) in [5.41, 5.74) is 11.0. The first kappa shape index (κ1) is 21.0. The van der Waals surface area contributed by atoms with Crippen LogP contribution in [0.2, 0.25) is 0 Å². The fourth-order valence-corrected chi connectivity index (χ4v) is 6.09. The van der Waals surface area contributed by atoms with E-state index >= 15 is 0 Å². The van der Waals surface area contributed by atoms with Gasteiger partial charge in [0.05, 0.1) is 22.1 Å². The molecule has 0 saturated carbocycles. The van der Waals surface area contributed by atoms with Crippen molar-refractivity contribution in [3.8, 4) is 27.9 Å². The van der Waals surface area contributed by atoms with Gasteiger partial charge in [0, 0.05) is 33.6 Å². The minimum atomic E-state index is 1.16. The van der Waals surface area contributed by atoms with Crippen LogP contribution in [0.15, 0.2) is 146 Å². The Morgan fingerprint density at radius 2 is 1.03 bits per heavy atom. The Kier molecular flexibility index (Phi) is 4.55. The van der Waals surface area contributed by atoms with Gasteiger partial charge >= 0.3 is 0 Å². The Balaban J connectivity index is 1.57. The van der Waals surface area contributed by atoms with Crippen LogP contribution in [0.4, 0.5) is 0 Å². The molecule has 38 heavy (non-hydrogen) atoms. The molecule has 8 rings (SSSR count). The van der Waals surface area contributed by atoms with Crippen molar-refractivity contribution in [1.82, 2.24) is 8.97 Å². The fraction of sp³-hybridized carbons (Fsp3) is 0. The van der Waals surface area contributed by atoms with Gasteiger partial charge in [-0.2, -0.15) is 0 Å². The smallest absolute Gasteiger partial charge is 0.0790 e. The second-order valence-electron chi connectivity index (χ2n) is 9.82. The Labute approximate surface area is 220 Å². The van der Waals surface area contributed by atoms with E-state index < -0.39 is 0 Å². The molecule has 3 heterocycles. The topological polar surface area (TPSA) is 9.34 Å². The van der Waals surface area contributed by atoms with Gasteiger partial charge in [-0.15, -0.1) is 0 Å². The lowest BCUT2D eigenvalue weighted by molar-refractivity contribution is 1.17. The van der Waals surface area contributed by atoms with E-state index in [2.05, 4.69) is 155 Å². The molecule has 0 bridgehead atoms. The molecule has 0 unspecified atom stereocenters. The Bertz CT molecular complexity index is 2110. The molecule has 3 aromatic heterocycles. The van der Waals surface area contributed by atoms with Crippen LogP contribution in [-0.2, 0) is 0 Å². The molecule has 0 N–H and O–H groups in total. The average Bonchev–Trinajstić information content (AvgIpc) is 3.51. The van der Waals surface area contributed by atoms with Crippen LogP contribution >= 0.6 is 0 Å². The van der Waals surface area contributed by atoms with E-state index in [1.165, 1.54) is 60.5 Å². The lowest BCUT2D eigenvalue weighted by Crippen LogP contribution is -1.96. The predicted molar refractivity (Wildman–Crippen MR) is 160 cm³/mol. The van der Waals surface area contributed by atoms with E-state index in [9.17, 15) is 0 Å². The summed E-state index contributed by atoms with van der Waals surface area (Å²) < 4.78 is 4.83. The highest BCUT2D eigenvalue weighted by atomic mass is 15.0. The van der Waals surface area contributed by atoms with Crippen LogP contribution in [0, 0.1) is 0 Å². The third-order valence-electron chi connectivity index (χ3n) is 7.71. The summed E-state index contributed by atoms with van der Waals surface area (Å²) >= 11 is 0. The zero-order chi connectivity index (χ0) is 25.1. The van der Waals surface area contributed by atoms with E-state index in [1.54, 1.807) is 0 Å². The molecule has 5 aromatic carbocycles. The van der Waals surface area contributed by atoms with Crippen LogP contribution in [0.1, 0.15) is 0 Å². The van der Waals surface area contributed by atoms with E-state index in [0.717, 1.165) is 5.69 Å². The summed E-state index contributed by atoms with van der Waals surface area (Å²) in [5, 5.41) is 3.79. The second kappa shape index (κ2) is 8.22. The average molecular weight is 485 g/mol. The van der Waals surface area contributed by atoms with Gasteiger partial charge in [0.1, 0.15) is 0 Å². The molecular formula is C36H24N2. The summed E-state index contributed by atoms with van der Waals surface area (Å²) in [6.45, 7) is 0. The number of benzene rings is 5. The maximum absolute atomic E-state index is 2.46. The van der Waals surface area contributed by atoms with Crippen molar-refractivity contribution in [2.24, 2.45) is 0 Å². The minimum Gasteiger partial charge on any atom is -0.314 e. The normalized spacial score (nSPS) is 11.7. The molecule has 178 valence electrons. The van der Waals surface area contributed by atoms with Crippen molar-refractivity contribution in [3.05, 3.63) is 146 Å². The Morgan fingerprint density at radius 3 is 1.82 bits per heavy atom. The van der Waals surface area contributed by atoms with E-state index in [0.29, 0.717) is 0 Å². The van der Waals surface area contributed by atoms with Gasteiger partial charge in [-0.1, -0.05) is 109 Å². The van der Waals surface area contributed by atoms with Crippen molar-refractivity contribution < 1.29 is 0 Å². The number of hydrogen-bond donors (Lipinski definition) is 0. The molecule has 0 aliphatic carbocycles. The lowest BCUT2D eigenvalue weighted by Gasteiger charge is -2.12. The number of rotatable bonds is 3. The van der Waals surface area contributed by atoms with Gasteiger partial charge in [-0.05, 0) is 47.0 Å². The number of fused-ring (bicyclic) bond motifs is 7. The van der Waals surface area contributed by atoms with Crippen molar-refractivity contribution >= 4 is 38.2 Å². The van der Waals surface area contributed by atoms with Crippen LogP contribution in [-0.4, -0.2) is 8.97 Å². The second-order valence-corrected chi connectivity index (χ2v) is 9.82. The molecule has 0 radical (unpaired) electrons. The number of hydrogen-bond acceptors (Lipinski definition) is 0. The molecule has 0 amide bonds. The van der Waals surface area contributed by atoms with Crippen LogP contribution in [0.25, 0.3) is 66.2 Å². The van der Waals surface area contributed by atoms with Crippen molar-refractivity contribution in [1.29, 1.82) is 0 Å². The van der Waals surface area contributed by atoms with Gasteiger partial charge in [-0.3, -0.25) is 0 Å².